The summed E-state index contributed by atoms with van der Waals surface area (Å²) >= 11 is 1.39. The Hall–Kier alpha value is -3.38. The Morgan fingerprint density at radius 1 is 0.967 bits per heavy atom. The molecule has 5 nitrogen and oxygen atoms in total. The van der Waals surface area contributed by atoms with E-state index in [-0.39, 0.29) is 12.5 Å². The van der Waals surface area contributed by atoms with Crippen LogP contribution in [0.3, 0.4) is 0 Å². The van der Waals surface area contributed by atoms with Gasteiger partial charge in [-0.2, -0.15) is 0 Å². The first-order valence-corrected chi connectivity index (χ1v) is 10.5. The van der Waals surface area contributed by atoms with Gasteiger partial charge in [0.1, 0.15) is 12.4 Å². The first kappa shape index (κ1) is 21.3. The number of carbonyl (C=O) groups excluding carboxylic acids is 2. The number of amides is 1. The number of benzene rings is 2. The van der Waals surface area contributed by atoms with Crippen molar-refractivity contribution in [3.8, 4) is 5.75 Å². The van der Waals surface area contributed by atoms with Crippen LogP contribution < -0.4 is 10.1 Å². The molecule has 1 heterocycles. The molecule has 3 rings (SSSR count). The van der Waals surface area contributed by atoms with Gasteiger partial charge in [-0.15, -0.1) is 11.3 Å². The van der Waals surface area contributed by atoms with E-state index >= 15 is 0 Å². The number of hydrogen-bond acceptors (Lipinski definition) is 5. The molecule has 154 valence electrons. The summed E-state index contributed by atoms with van der Waals surface area (Å²) in [6.45, 7) is 1.22. The average Bonchev–Trinajstić information content (AvgIpc) is 3.32. The third-order valence-electron chi connectivity index (χ3n) is 4.14. The molecule has 3 aromatic rings. The van der Waals surface area contributed by atoms with Crippen LogP contribution in [-0.2, 0) is 16.1 Å². The molecule has 0 aliphatic heterocycles. The molecule has 0 bridgehead atoms. The summed E-state index contributed by atoms with van der Waals surface area (Å²) in [4.78, 5) is 24.3. The van der Waals surface area contributed by atoms with Crippen LogP contribution in [0.4, 0.5) is 0 Å². The van der Waals surface area contributed by atoms with Gasteiger partial charge in [-0.25, -0.2) is 4.79 Å². The maximum absolute atomic E-state index is 11.8. The molecule has 2 aromatic carbocycles. The summed E-state index contributed by atoms with van der Waals surface area (Å²) in [5.74, 6) is 0.250. The van der Waals surface area contributed by atoms with Crippen molar-refractivity contribution in [2.45, 2.75) is 13.0 Å². The summed E-state index contributed by atoms with van der Waals surface area (Å²) in [7, 11) is 0. The predicted molar refractivity (Wildman–Crippen MR) is 118 cm³/mol. The molecule has 0 radical (unpaired) electrons. The van der Waals surface area contributed by atoms with Gasteiger partial charge in [0, 0.05) is 12.6 Å². The summed E-state index contributed by atoms with van der Waals surface area (Å²) in [6, 6.07) is 21.1. The van der Waals surface area contributed by atoms with E-state index in [0.717, 1.165) is 16.9 Å². The quantitative estimate of drug-likeness (QED) is 0.293. The van der Waals surface area contributed by atoms with Crippen LogP contribution in [0, 0.1) is 0 Å². The molecule has 0 saturated carbocycles. The lowest BCUT2D eigenvalue weighted by atomic mass is 10.2. The molecule has 0 aliphatic carbocycles. The van der Waals surface area contributed by atoms with Crippen LogP contribution in [0.2, 0.25) is 0 Å². The minimum absolute atomic E-state index is 0.104. The number of esters is 1. The highest BCUT2D eigenvalue weighted by Gasteiger charge is 2.05. The monoisotopic (exact) mass is 421 g/mol. The van der Waals surface area contributed by atoms with Gasteiger partial charge in [-0.3, -0.25) is 4.79 Å². The maximum Gasteiger partial charge on any atom is 0.330 e. The normalized spacial score (nSPS) is 10.7. The highest BCUT2D eigenvalue weighted by atomic mass is 32.1. The van der Waals surface area contributed by atoms with E-state index in [0.29, 0.717) is 24.4 Å². The van der Waals surface area contributed by atoms with Gasteiger partial charge in [-0.1, -0.05) is 48.5 Å². The van der Waals surface area contributed by atoms with E-state index in [2.05, 4.69) is 5.32 Å². The molecule has 6 heteroatoms. The van der Waals surface area contributed by atoms with Gasteiger partial charge in [-0.05, 0) is 47.2 Å². The van der Waals surface area contributed by atoms with Crippen molar-refractivity contribution in [2.75, 3.05) is 13.2 Å². The Balaban J connectivity index is 1.32. The van der Waals surface area contributed by atoms with Crippen molar-refractivity contribution in [3.63, 3.8) is 0 Å². The third kappa shape index (κ3) is 7.22. The zero-order valence-electron chi connectivity index (χ0n) is 16.5. The summed E-state index contributed by atoms with van der Waals surface area (Å²) in [5, 5.41) is 4.65. The Kier molecular flexibility index (Phi) is 8.23. The number of thiophene rings is 1. The SMILES string of the molecule is O=C(/C=C/c1ccc(OCc2ccccc2)cc1)OCCCNC(=O)c1cccs1. The molecule has 1 N–H and O–H groups in total. The van der Waals surface area contributed by atoms with Crippen LogP contribution in [0.5, 0.6) is 5.75 Å². The highest BCUT2D eigenvalue weighted by molar-refractivity contribution is 7.12. The summed E-state index contributed by atoms with van der Waals surface area (Å²) < 4.78 is 10.9. The molecule has 1 aromatic heterocycles. The number of ether oxygens (including phenoxy) is 2. The second-order valence-corrected chi connectivity index (χ2v) is 7.38. The Morgan fingerprint density at radius 3 is 2.50 bits per heavy atom. The fourth-order valence-electron chi connectivity index (χ4n) is 2.57. The third-order valence-corrected chi connectivity index (χ3v) is 5.00. The lowest BCUT2D eigenvalue weighted by Gasteiger charge is -2.06. The fourth-order valence-corrected chi connectivity index (χ4v) is 3.21. The Morgan fingerprint density at radius 2 is 1.77 bits per heavy atom. The van der Waals surface area contributed by atoms with Gasteiger partial charge in [0.05, 0.1) is 11.5 Å². The summed E-state index contributed by atoms with van der Waals surface area (Å²) in [5.41, 5.74) is 1.98. The zero-order valence-corrected chi connectivity index (χ0v) is 17.3. The van der Waals surface area contributed by atoms with E-state index in [1.165, 1.54) is 17.4 Å². The molecule has 0 unspecified atom stereocenters. The molecule has 1 amide bonds. The standard InChI is InChI=1S/C24H23NO4S/c26-23(28-16-5-15-25-24(27)22-8-4-17-30-22)14-11-19-9-12-21(13-10-19)29-18-20-6-2-1-3-7-20/h1-4,6-14,17H,5,15-16,18H2,(H,25,27)/b14-11+. The number of carbonyl (C=O) groups is 2. The second kappa shape index (κ2) is 11.6. The Bertz CT molecular complexity index is 951. The maximum atomic E-state index is 11.8. The van der Waals surface area contributed by atoms with Crippen LogP contribution in [0.15, 0.2) is 78.2 Å². The van der Waals surface area contributed by atoms with Gasteiger partial charge in [0.2, 0.25) is 0 Å². The smallest absolute Gasteiger partial charge is 0.330 e. The lowest BCUT2D eigenvalue weighted by molar-refractivity contribution is -0.137. The number of nitrogens with one attached hydrogen (secondary N) is 1. The van der Waals surface area contributed by atoms with Gasteiger partial charge < -0.3 is 14.8 Å². The van der Waals surface area contributed by atoms with Crippen LogP contribution in [-0.4, -0.2) is 25.0 Å². The topological polar surface area (TPSA) is 64.6 Å². The lowest BCUT2D eigenvalue weighted by Crippen LogP contribution is -2.24. The number of rotatable bonds is 10. The van der Waals surface area contributed by atoms with E-state index in [1.807, 2.05) is 66.0 Å². The van der Waals surface area contributed by atoms with Crippen LogP contribution in [0.1, 0.15) is 27.2 Å². The molecular formula is C24H23NO4S. The molecule has 0 atom stereocenters. The molecule has 0 saturated heterocycles. The number of hydrogen-bond donors (Lipinski definition) is 1. The zero-order chi connectivity index (χ0) is 21.0. The summed E-state index contributed by atoms with van der Waals surface area (Å²) in [6.07, 6.45) is 3.65. The first-order valence-electron chi connectivity index (χ1n) is 9.64. The molecule has 0 aliphatic rings. The fraction of sp³-hybridized carbons (Fsp3) is 0.167. The molecule has 30 heavy (non-hydrogen) atoms. The van der Waals surface area contributed by atoms with Crippen molar-refractivity contribution >= 4 is 29.3 Å². The van der Waals surface area contributed by atoms with Crippen molar-refractivity contribution in [1.82, 2.24) is 5.32 Å². The van der Waals surface area contributed by atoms with Crippen molar-refractivity contribution in [2.24, 2.45) is 0 Å². The minimum atomic E-state index is -0.413. The molecular weight excluding hydrogens is 398 g/mol. The predicted octanol–water partition coefficient (Wildman–Crippen LogP) is 4.70. The second-order valence-electron chi connectivity index (χ2n) is 6.43. The van der Waals surface area contributed by atoms with Crippen molar-refractivity contribution < 1.29 is 19.1 Å². The molecule has 0 fully saturated rings. The van der Waals surface area contributed by atoms with E-state index in [4.69, 9.17) is 9.47 Å². The van der Waals surface area contributed by atoms with Gasteiger partial charge >= 0.3 is 5.97 Å². The highest BCUT2D eigenvalue weighted by Crippen LogP contribution is 2.15. The molecule has 0 spiro atoms. The Labute approximate surface area is 180 Å². The van der Waals surface area contributed by atoms with Crippen molar-refractivity contribution in [1.29, 1.82) is 0 Å². The van der Waals surface area contributed by atoms with Crippen molar-refractivity contribution in [3.05, 3.63) is 94.2 Å². The van der Waals surface area contributed by atoms with Gasteiger partial charge in [0.15, 0.2) is 0 Å². The minimum Gasteiger partial charge on any atom is -0.489 e. The largest absolute Gasteiger partial charge is 0.489 e. The van der Waals surface area contributed by atoms with E-state index in [1.54, 1.807) is 12.1 Å². The first-order chi connectivity index (χ1) is 14.7. The average molecular weight is 422 g/mol. The van der Waals surface area contributed by atoms with E-state index < -0.39 is 5.97 Å². The van der Waals surface area contributed by atoms with Gasteiger partial charge in [0.25, 0.3) is 5.91 Å². The van der Waals surface area contributed by atoms with Crippen LogP contribution in [0.25, 0.3) is 6.08 Å². The van der Waals surface area contributed by atoms with E-state index in [9.17, 15) is 9.59 Å². The van der Waals surface area contributed by atoms with Crippen LogP contribution >= 0.6 is 11.3 Å².